The molecule has 1 unspecified atom stereocenters. The molecule has 0 fully saturated rings. The first-order valence-electron chi connectivity index (χ1n) is 4.74. The lowest BCUT2D eigenvalue weighted by atomic mass is 9.96. The molecule has 1 aliphatic heterocycles. The molecule has 1 aromatic carbocycles. The summed E-state index contributed by atoms with van der Waals surface area (Å²) in [6, 6.07) is 3.85. The second kappa shape index (κ2) is 3.20. The summed E-state index contributed by atoms with van der Waals surface area (Å²) in [5, 5.41) is 3.18. The normalized spacial score (nSPS) is 23.5. The first-order chi connectivity index (χ1) is 6.98. The lowest BCUT2D eigenvalue weighted by molar-refractivity contribution is 0.0954. The average Bonchev–Trinajstić information content (AvgIpc) is 2.43. The minimum Gasteiger partial charge on any atom is -0.369 e. The van der Waals surface area contributed by atoms with Gasteiger partial charge in [-0.05, 0) is 31.5 Å². The van der Waals surface area contributed by atoms with Gasteiger partial charge in [-0.1, -0.05) is 22.0 Å². The molecule has 78 valence electrons. The van der Waals surface area contributed by atoms with Crippen molar-refractivity contribution in [2.24, 2.45) is 0 Å². The van der Waals surface area contributed by atoms with Crippen LogP contribution in [-0.4, -0.2) is 11.3 Å². The molecule has 0 radical (unpaired) electrons. The summed E-state index contributed by atoms with van der Waals surface area (Å²) in [6.07, 6.45) is 1.65. The van der Waals surface area contributed by atoms with Crippen LogP contribution >= 0.6 is 15.9 Å². The Morgan fingerprint density at radius 3 is 2.80 bits per heavy atom. The maximum Gasteiger partial charge on any atom is 0.193 e. The summed E-state index contributed by atoms with van der Waals surface area (Å²) in [4.78, 5) is 12.1. The van der Waals surface area contributed by atoms with Crippen molar-refractivity contribution < 1.29 is 4.79 Å². The monoisotopic (exact) mass is 265 g/mol. The van der Waals surface area contributed by atoms with Gasteiger partial charge >= 0.3 is 0 Å². The van der Waals surface area contributed by atoms with Gasteiger partial charge in [-0.15, -0.1) is 6.58 Å². The largest absolute Gasteiger partial charge is 0.369 e. The zero-order valence-electron chi connectivity index (χ0n) is 8.73. The number of hydrogen-bond acceptors (Lipinski definition) is 2. The Bertz CT molecular complexity index is 467. The molecule has 1 heterocycles. The Morgan fingerprint density at radius 1 is 1.53 bits per heavy atom. The van der Waals surface area contributed by atoms with Crippen LogP contribution in [0.25, 0.3) is 0 Å². The molecular formula is C12H12BrNO. The number of Topliss-reactive ketones (excluding diaryl/α,β-unsaturated/α-hetero) is 1. The third-order valence-electron chi connectivity index (χ3n) is 2.82. The van der Waals surface area contributed by atoms with Gasteiger partial charge in [0.25, 0.3) is 0 Å². The number of fused-ring (bicyclic) bond motifs is 1. The van der Waals surface area contributed by atoms with Crippen LogP contribution in [0.1, 0.15) is 22.8 Å². The Hall–Kier alpha value is -1.09. The molecule has 1 aliphatic rings. The van der Waals surface area contributed by atoms with Gasteiger partial charge in [-0.25, -0.2) is 0 Å². The molecule has 0 saturated heterocycles. The summed E-state index contributed by atoms with van der Waals surface area (Å²) < 4.78 is 1.01. The zero-order chi connectivity index (χ0) is 11.2. The van der Waals surface area contributed by atoms with Crippen molar-refractivity contribution in [2.75, 3.05) is 5.32 Å². The van der Waals surface area contributed by atoms with E-state index in [1.165, 1.54) is 0 Å². The minimum atomic E-state index is -0.657. The van der Waals surface area contributed by atoms with Crippen molar-refractivity contribution in [3.05, 3.63) is 40.4 Å². The first-order valence-corrected chi connectivity index (χ1v) is 5.54. The SMILES string of the molecule is C=CC1(C)Nc2cc(Br)c(C)cc2C1=O. The number of hydrogen-bond donors (Lipinski definition) is 1. The molecule has 2 nitrogen and oxygen atoms in total. The van der Waals surface area contributed by atoms with Crippen LogP contribution < -0.4 is 5.32 Å². The van der Waals surface area contributed by atoms with E-state index in [1.807, 2.05) is 26.0 Å². The lowest BCUT2D eigenvalue weighted by Gasteiger charge is -2.17. The van der Waals surface area contributed by atoms with E-state index >= 15 is 0 Å². The number of nitrogens with one attached hydrogen (secondary N) is 1. The predicted octanol–water partition coefficient (Wildman–Crippen LogP) is 3.31. The molecule has 15 heavy (non-hydrogen) atoms. The van der Waals surface area contributed by atoms with Crippen LogP contribution in [0.5, 0.6) is 0 Å². The summed E-state index contributed by atoms with van der Waals surface area (Å²) in [7, 11) is 0. The molecule has 0 spiro atoms. The molecule has 2 rings (SSSR count). The average molecular weight is 266 g/mol. The summed E-state index contributed by atoms with van der Waals surface area (Å²) in [5.41, 5.74) is 2.03. The van der Waals surface area contributed by atoms with Gasteiger partial charge in [-0.3, -0.25) is 4.79 Å². The second-order valence-corrected chi connectivity index (χ2v) is 4.86. The number of aryl methyl sites for hydroxylation is 1. The number of carbonyl (C=O) groups excluding carboxylic acids is 1. The van der Waals surface area contributed by atoms with Crippen molar-refractivity contribution in [1.29, 1.82) is 0 Å². The standard InChI is InChI=1S/C12H12BrNO/c1-4-12(3)11(15)8-5-7(2)9(13)6-10(8)14-12/h4-6,14H,1H2,2-3H3. The van der Waals surface area contributed by atoms with E-state index in [0.29, 0.717) is 0 Å². The maximum absolute atomic E-state index is 12.1. The van der Waals surface area contributed by atoms with Crippen molar-refractivity contribution in [3.63, 3.8) is 0 Å². The molecular weight excluding hydrogens is 254 g/mol. The summed E-state index contributed by atoms with van der Waals surface area (Å²) >= 11 is 3.45. The van der Waals surface area contributed by atoms with Gasteiger partial charge in [0, 0.05) is 15.7 Å². The van der Waals surface area contributed by atoms with Crippen LogP contribution in [0.4, 0.5) is 5.69 Å². The van der Waals surface area contributed by atoms with E-state index in [4.69, 9.17) is 0 Å². The Kier molecular flexibility index (Phi) is 2.23. The Labute approximate surface area is 97.5 Å². The molecule has 1 aromatic rings. The highest BCUT2D eigenvalue weighted by atomic mass is 79.9. The van der Waals surface area contributed by atoms with Crippen LogP contribution in [0, 0.1) is 6.92 Å². The van der Waals surface area contributed by atoms with Gasteiger partial charge in [0.15, 0.2) is 5.78 Å². The van der Waals surface area contributed by atoms with E-state index in [2.05, 4.69) is 27.8 Å². The highest BCUT2D eigenvalue weighted by molar-refractivity contribution is 9.10. The molecule has 0 aliphatic carbocycles. The van der Waals surface area contributed by atoms with Gasteiger partial charge in [0.1, 0.15) is 5.54 Å². The highest BCUT2D eigenvalue weighted by Gasteiger charge is 2.38. The second-order valence-electron chi connectivity index (χ2n) is 4.01. The van der Waals surface area contributed by atoms with Crippen molar-refractivity contribution in [2.45, 2.75) is 19.4 Å². The number of ketones is 1. The third kappa shape index (κ3) is 1.42. The van der Waals surface area contributed by atoms with Crippen molar-refractivity contribution in [1.82, 2.24) is 0 Å². The highest BCUT2D eigenvalue weighted by Crippen LogP contribution is 2.36. The number of carbonyl (C=O) groups is 1. The van der Waals surface area contributed by atoms with E-state index in [1.54, 1.807) is 6.08 Å². The smallest absolute Gasteiger partial charge is 0.193 e. The van der Waals surface area contributed by atoms with E-state index < -0.39 is 5.54 Å². The Balaban J connectivity index is 2.60. The van der Waals surface area contributed by atoms with Crippen LogP contribution in [-0.2, 0) is 0 Å². The fourth-order valence-corrected chi connectivity index (χ4v) is 2.08. The van der Waals surface area contributed by atoms with Gasteiger partial charge in [0.2, 0.25) is 0 Å². The fraction of sp³-hybridized carbons (Fsp3) is 0.250. The summed E-state index contributed by atoms with van der Waals surface area (Å²) in [5.74, 6) is 0.0862. The van der Waals surface area contributed by atoms with Crippen LogP contribution in [0.2, 0.25) is 0 Å². The third-order valence-corrected chi connectivity index (χ3v) is 3.67. The van der Waals surface area contributed by atoms with Gasteiger partial charge in [-0.2, -0.15) is 0 Å². The zero-order valence-corrected chi connectivity index (χ0v) is 10.3. The summed E-state index contributed by atoms with van der Waals surface area (Å²) in [6.45, 7) is 7.51. The molecule has 3 heteroatoms. The van der Waals surface area contributed by atoms with E-state index in [0.717, 1.165) is 21.3 Å². The van der Waals surface area contributed by atoms with Crippen LogP contribution in [0.15, 0.2) is 29.3 Å². The lowest BCUT2D eigenvalue weighted by Crippen LogP contribution is -2.35. The molecule has 0 saturated carbocycles. The predicted molar refractivity (Wildman–Crippen MR) is 65.4 cm³/mol. The van der Waals surface area contributed by atoms with Crippen molar-refractivity contribution >= 4 is 27.4 Å². The first kappa shape index (κ1) is 10.4. The molecule has 1 atom stereocenters. The van der Waals surface area contributed by atoms with Crippen molar-refractivity contribution in [3.8, 4) is 0 Å². The number of anilines is 1. The Morgan fingerprint density at radius 2 is 2.20 bits per heavy atom. The molecule has 0 bridgehead atoms. The quantitative estimate of drug-likeness (QED) is 0.790. The van der Waals surface area contributed by atoms with E-state index in [-0.39, 0.29) is 5.78 Å². The minimum absolute atomic E-state index is 0.0862. The number of rotatable bonds is 1. The van der Waals surface area contributed by atoms with Gasteiger partial charge in [0.05, 0.1) is 0 Å². The van der Waals surface area contributed by atoms with Crippen LogP contribution in [0.3, 0.4) is 0 Å². The van der Waals surface area contributed by atoms with E-state index in [9.17, 15) is 4.79 Å². The molecule has 0 aromatic heterocycles. The molecule has 0 amide bonds. The number of halogens is 1. The topological polar surface area (TPSA) is 29.1 Å². The number of benzene rings is 1. The maximum atomic E-state index is 12.1. The van der Waals surface area contributed by atoms with Gasteiger partial charge < -0.3 is 5.32 Å². The fourth-order valence-electron chi connectivity index (χ4n) is 1.73. The molecule has 1 N–H and O–H groups in total.